The number of ether oxygens (including phenoxy) is 1. The van der Waals surface area contributed by atoms with Gasteiger partial charge in [0.1, 0.15) is 17.6 Å². The highest BCUT2D eigenvalue weighted by Gasteiger charge is 2.15. The van der Waals surface area contributed by atoms with Crippen molar-refractivity contribution in [3.63, 3.8) is 0 Å². The van der Waals surface area contributed by atoms with Crippen LogP contribution in [0.1, 0.15) is 28.4 Å². The summed E-state index contributed by atoms with van der Waals surface area (Å²) < 4.78 is 5.42. The quantitative estimate of drug-likeness (QED) is 0.895. The SMILES string of the molecule is CCOc1ccccc1C(=O)Nc1[nH]cc(C)c1C#N. The summed E-state index contributed by atoms with van der Waals surface area (Å²) >= 11 is 0. The second-order valence-electron chi connectivity index (χ2n) is 4.22. The molecule has 5 heteroatoms. The van der Waals surface area contributed by atoms with E-state index in [0.29, 0.717) is 29.3 Å². The van der Waals surface area contributed by atoms with Crippen molar-refractivity contribution < 1.29 is 9.53 Å². The third kappa shape index (κ3) is 2.64. The van der Waals surface area contributed by atoms with Gasteiger partial charge in [0.05, 0.1) is 17.7 Å². The van der Waals surface area contributed by atoms with Gasteiger partial charge in [0.25, 0.3) is 5.91 Å². The number of H-pyrrole nitrogens is 1. The lowest BCUT2D eigenvalue weighted by Crippen LogP contribution is -2.14. The van der Waals surface area contributed by atoms with Crippen LogP contribution < -0.4 is 10.1 Å². The Balaban J connectivity index is 2.27. The fourth-order valence-electron chi connectivity index (χ4n) is 1.88. The van der Waals surface area contributed by atoms with Crippen molar-refractivity contribution in [3.8, 4) is 11.8 Å². The van der Waals surface area contributed by atoms with Gasteiger partial charge in [-0.05, 0) is 31.5 Å². The second-order valence-corrected chi connectivity index (χ2v) is 4.22. The van der Waals surface area contributed by atoms with Gasteiger partial charge in [-0.3, -0.25) is 4.79 Å². The van der Waals surface area contributed by atoms with Gasteiger partial charge in [0.15, 0.2) is 0 Å². The van der Waals surface area contributed by atoms with E-state index in [1.54, 1.807) is 37.4 Å². The molecule has 0 aliphatic carbocycles. The number of anilines is 1. The first-order valence-electron chi connectivity index (χ1n) is 6.28. The predicted molar refractivity (Wildman–Crippen MR) is 75.8 cm³/mol. The summed E-state index contributed by atoms with van der Waals surface area (Å²) in [5.74, 6) is 0.614. The van der Waals surface area contributed by atoms with Gasteiger partial charge in [0, 0.05) is 6.20 Å². The average molecular weight is 269 g/mol. The molecule has 5 nitrogen and oxygen atoms in total. The lowest BCUT2D eigenvalue weighted by molar-refractivity contribution is 0.102. The van der Waals surface area contributed by atoms with Gasteiger partial charge in [-0.15, -0.1) is 0 Å². The molecule has 1 heterocycles. The Morgan fingerprint density at radius 3 is 2.90 bits per heavy atom. The van der Waals surface area contributed by atoms with Crippen LogP contribution in [-0.4, -0.2) is 17.5 Å². The maximum Gasteiger partial charge on any atom is 0.260 e. The number of nitrogens with zero attached hydrogens (tertiary/aromatic N) is 1. The molecule has 0 atom stereocenters. The molecule has 102 valence electrons. The molecule has 20 heavy (non-hydrogen) atoms. The van der Waals surface area contributed by atoms with Crippen molar-refractivity contribution in [2.45, 2.75) is 13.8 Å². The van der Waals surface area contributed by atoms with Crippen LogP contribution in [0, 0.1) is 18.3 Å². The van der Waals surface area contributed by atoms with Crippen LogP contribution in [0.2, 0.25) is 0 Å². The topological polar surface area (TPSA) is 77.9 Å². The minimum Gasteiger partial charge on any atom is -0.493 e. The van der Waals surface area contributed by atoms with Crippen molar-refractivity contribution in [1.82, 2.24) is 4.98 Å². The van der Waals surface area contributed by atoms with E-state index in [1.165, 1.54) is 0 Å². The van der Waals surface area contributed by atoms with Crippen molar-refractivity contribution in [2.75, 3.05) is 11.9 Å². The normalized spacial score (nSPS) is 9.85. The van der Waals surface area contributed by atoms with Crippen LogP contribution in [0.15, 0.2) is 30.5 Å². The van der Waals surface area contributed by atoms with Gasteiger partial charge >= 0.3 is 0 Å². The minimum atomic E-state index is -0.313. The first-order valence-corrected chi connectivity index (χ1v) is 6.28. The average Bonchev–Trinajstić information content (AvgIpc) is 2.80. The Kier molecular flexibility index (Phi) is 4.06. The zero-order chi connectivity index (χ0) is 14.5. The van der Waals surface area contributed by atoms with E-state index < -0.39 is 0 Å². The van der Waals surface area contributed by atoms with Crippen molar-refractivity contribution >= 4 is 11.7 Å². The summed E-state index contributed by atoms with van der Waals surface area (Å²) in [6.45, 7) is 4.14. The molecule has 0 aliphatic rings. The molecular weight excluding hydrogens is 254 g/mol. The monoisotopic (exact) mass is 269 g/mol. The molecule has 1 amide bonds. The summed E-state index contributed by atoms with van der Waals surface area (Å²) in [4.78, 5) is 15.1. The Morgan fingerprint density at radius 1 is 1.45 bits per heavy atom. The number of nitrogens with one attached hydrogen (secondary N) is 2. The van der Waals surface area contributed by atoms with Crippen LogP contribution in [-0.2, 0) is 0 Å². The Labute approximate surface area is 117 Å². The molecule has 2 N–H and O–H groups in total. The number of aryl methyl sites for hydroxylation is 1. The summed E-state index contributed by atoms with van der Waals surface area (Å²) in [6.07, 6.45) is 1.68. The molecule has 0 aliphatic heterocycles. The van der Waals surface area contributed by atoms with Gasteiger partial charge in [0.2, 0.25) is 0 Å². The molecule has 0 saturated carbocycles. The highest BCUT2D eigenvalue weighted by atomic mass is 16.5. The standard InChI is InChI=1S/C15H15N3O2/c1-3-20-13-7-5-4-6-11(13)15(19)18-14-12(8-16)10(2)9-17-14/h4-7,9,17H,3H2,1-2H3,(H,18,19). The number of amides is 1. The first-order chi connectivity index (χ1) is 9.67. The van der Waals surface area contributed by atoms with Crippen molar-refractivity contribution in [1.29, 1.82) is 5.26 Å². The van der Waals surface area contributed by atoms with Crippen LogP contribution in [0.3, 0.4) is 0 Å². The largest absolute Gasteiger partial charge is 0.493 e. The highest BCUT2D eigenvalue weighted by molar-refractivity contribution is 6.06. The lowest BCUT2D eigenvalue weighted by atomic mass is 10.1. The third-order valence-corrected chi connectivity index (χ3v) is 2.86. The number of hydrogen-bond donors (Lipinski definition) is 2. The number of benzene rings is 1. The number of carbonyl (C=O) groups is 1. The summed E-state index contributed by atoms with van der Waals surface area (Å²) in [5, 5.41) is 11.8. The number of nitriles is 1. The Morgan fingerprint density at radius 2 is 2.20 bits per heavy atom. The summed E-state index contributed by atoms with van der Waals surface area (Å²) in [7, 11) is 0. The van der Waals surface area contributed by atoms with Crippen LogP contribution >= 0.6 is 0 Å². The molecule has 0 spiro atoms. The van der Waals surface area contributed by atoms with Crippen LogP contribution in [0.5, 0.6) is 5.75 Å². The number of rotatable bonds is 4. The highest BCUT2D eigenvalue weighted by Crippen LogP contribution is 2.22. The molecule has 1 aromatic carbocycles. The fraction of sp³-hybridized carbons (Fsp3) is 0.200. The van der Waals surface area contributed by atoms with Gasteiger partial charge in [-0.2, -0.15) is 5.26 Å². The second kappa shape index (κ2) is 5.93. The molecule has 0 unspecified atom stereocenters. The Bertz CT molecular complexity index is 668. The zero-order valence-electron chi connectivity index (χ0n) is 11.4. The molecule has 0 radical (unpaired) electrons. The van der Waals surface area contributed by atoms with Crippen LogP contribution in [0.4, 0.5) is 5.82 Å². The molecule has 2 aromatic rings. The third-order valence-electron chi connectivity index (χ3n) is 2.86. The van der Waals surface area contributed by atoms with Crippen LogP contribution in [0.25, 0.3) is 0 Å². The zero-order valence-corrected chi connectivity index (χ0v) is 11.4. The predicted octanol–water partition coefficient (Wildman–Crippen LogP) is 2.85. The van der Waals surface area contributed by atoms with E-state index in [0.717, 1.165) is 5.56 Å². The van der Waals surface area contributed by atoms with Crippen molar-refractivity contribution in [2.24, 2.45) is 0 Å². The molecule has 0 bridgehead atoms. The number of hydrogen-bond acceptors (Lipinski definition) is 3. The maximum absolute atomic E-state index is 12.3. The molecular formula is C15H15N3O2. The lowest BCUT2D eigenvalue weighted by Gasteiger charge is -2.09. The molecule has 1 aromatic heterocycles. The van der Waals surface area contributed by atoms with E-state index >= 15 is 0 Å². The number of para-hydroxylation sites is 1. The van der Waals surface area contributed by atoms with E-state index in [9.17, 15) is 4.79 Å². The maximum atomic E-state index is 12.3. The molecule has 2 rings (SSSR count). The smallest absolute Gasteiger partial charge is 0.260 e. The van der Waals surface area contributed by atoms with Gasteiger partial charge in [-0.25, -0.2) is 0 Å². The fourth-order valence-corrected chi connectivity index (χ4v) is 1.88. The van der Waals surface area contributed by atoms with E-state index in [2.05, 4.69) is 16.4 Å². The van der Waals surface area contributed by atoms with E-state index in [1.807, 2.05) is 6.92 Å². The molecule has 0 fully saturated rings. The first kappa shape index (κ1) is 13.7. The minimum absolute atomic E-state index is 0.313. The summed E-state index contributed by atoms with van der Waals surface area (Å²) in [5.41, 5.74) is 1.67. The van der Waals surface area contributed by atoms with Gasteiger partial charge in [-0.1, -0.05) is 12.1 Å². The van der Waals surface area contributed by atoms with Gasteiger partial charge < -0.3 is 15.0 Å². The van der Waals surface area contributed by atoms with Crippen molar-refractivity contribution in [3.05, 3.63) is 47.2 Å². The number of aromatic amines is 1. The summed E-state index contributed by atoms with van der Waals surface area (Å²) in [6, 6.07) is 9.06. The number of carbonyl (C=O) groups excluding carboxylic acids is 1. The Hall–Kier alpha value is -2.74. The van der Waals surface area contributed by atoms with E-state index in [-0.39, 0.29) is 5.91 Å². The molecule has 0 saturated heterocycles. The number of aromatic nitrogens is 1. The van der Waals surface area contributed by atoms with E-state index in [4.69, 9.17) is 10.00 Å².